The first-order chi connectivity index (χ1) is 13.5. The number of nitrogens with zero attached hydrogens (tertiary/aromatic N) is 3. The number of carbonyl (C=O) groups is 2. The highest BCUT2D eigenvalue weighted by Gasteiger charge is 2.31. The zero-order valence-corrected chi connectivity index (χ0v) is 15.9. The minimum Gasteiger partial charge on any atom is -0.342 e. The zero-order chi connectivity index (χ0) is 19.8. The molecule has 28 heavy (non-hydrogen) atoms. The number of carbonyl (C=O) groups excluding carboxylic acids is 2. The number of aromatic amines is 1. The van der Waals surface area contributed by atoms with Crippen molar-refractivity contribution >= 4 is 34.7 Å². The van der Waals surface area contributed by atoms with Crippen molar-refractivity contribution in [3.05, 3.63) is 63.2 Å². The van der Waals surface area contributed by atoms with Gasteiger partial charge >= 0.3 is 0 Å². The summed E-state index contributed by atoms with van der Waals surface area (Å²) in [7, 11) is 0. The third-order valence-electron chi connectivity index (χ3n) is 4.86. The number of benzene rings is 1. The molecule has 2 N–H and O–H groups in total. The van der Waals surface area contributed by atoms with Gasteiger partial charge in [0.15, 0.2) is 5.65 Å². The lowest BCUT2D eigenvalue weighted by molar-refractivity contribution is -0.127. The molecule has 8 nitrogen and oxygen atoms in total. The number of hydrogen-bond acceptors (Lipinski definition) is 4. The highest BCUT2D eigenvalue weighted by atomic mass is 35.5. The van der Waals surface area contributed by atoms with Crippen LogP contribution in [0.5, 0.6) is 0 Å². The molecule has 2 aromatic heterocycles. The molecule has 0 aliphatic carbocycles. The number of halogens is 1. The third-order valence-corrected chi connectivity index (χ3v) is 5.09. The van der Waals surface area contributed by atoms with Gasteiger partial charge in [-0.3, -0.25) is 19.5 Å². The van der Waals surface area contributed by atoms with Gasteiger partial charge in [0.2, 0.25) is 5.91 Å². The molecule has 0 radical (unpaired) electrons. The smallest absolute Gasteiger partial charge is 0.272 e. The maximum Gasteiger partial charge on any atom is 0.272 e. The van der Waals surface area contributed by atoms with Crippen molar-refractivity contribution in [2.24, 2.45) is 0 Å². The fraction of sp³-hybridized carbons (Fsp3) is 0.263. The van der Waals surface area contributed by atoms with Gasteiger partial charge in [-0.1, -0.05) is 17.7 Å². The summed E-state index contributed by atoms with van der Waals surface area (Å²) < 4.78 is 1.21. The molecule has 1 aromatic carbocycles. The van der Waals surface area contributed by atoms with E-state index in [0.717, 1.165) is 0 Å². The molecule has 3 aromatic rings. The van der Waals surface area contributed by atoms with Crippen LogP contribution in [0, 0.1) is 0 Å². The van der Waals surface area contributed by atoms with E-state index >= 15 is 0 Å². The first-order valence-electron chi connectivity index (χ1n) is 8.92. The van der Waals surface area contributed by atoms with Gasteiger partial charge in [0.05, 0.1) is 5.69 Å². The van der Waals surface area contributed by atoms with Crippen molar-refractivity contribution in [3.8, 4) is 0 Å². The summed E-state index contributed by atoms with van der Waals surface area (Å²) in [4.78, 5) is 43.5. The van der Waals surface area contributed by atoms with Gasteiger partial charge in [-0.15, -0.1) is 0 Å². The van der Waals surface area contributed by atoms with Crippen LogP contribution in [-0.2, 0) is 4.79 Å². The summed E-state index contributed by atoms with van der Waals surface area (Å²) in [5, 5.41) is 6.01. The molecule has 1 saturated heterocycles. The average Bonchev–Trinajstić information content (AvgIpc) is 3.25. The van der Waals surface area contributed by atoms with Crippen molar-refractivity contribution in [1.82, 2.24) is 19.5 Å². The largest absolute Gasteiger partial charge is 0.342 e. The molecule has 1 unspecified atom stereocenters. The fourth-order valence-corrected chi connectivity index (χ4v) is 3.61. The Labute approximate surface area is 165 Å². The Kier molecular flexibility index (Phi) is 4.64. The number of likely N-dealkylation sites (N-methyl/N-ethyl adjacent to an activating group) is 1. The van der Waals surface area contributed by atoms with Gasteiger partial charge in [0.1, 0.15) is 5.56 Å². The Morgan fingerprint density at radius 1 is 1.36 bits per heavy atom. The maximum atomic E-state index is 12.7. The van der Waals surface area contributed by atoms with Gasteiger partial charge in [-0.05, 0) is 25.1 Å². The molecule has 9 heteroatoms. The predicted molar refractivity (Wildman–Crippen MR) is 105 cm³/mol. The number of aromatic nitrogens is 3. The highest BCUT2D eigenvalue weighted by Crippen LogP contribution is 2.26. The van der Waals surface area contributed by atoms with Crippen molar-refractivity contribution in [2.45, 2.75) is 19.3 Å². The van der Waals surface area contributed by atoms with Crippen molar-refractivity contribution < 1.29 is 9.59 Å². The number of hydrogen-bond donors (Lipinski definition) is 2. The number of fused-ring (bicyclic) bond motifs is 1. The molecule has 1 aliphatic heterocycles. The number of nitrogens with one attached hydrogen (secondary N) is 2. The maximum absolute atomic E-state index is 12.7. The van der Waals surface area contributed by atoms with Gasteiger partial charge in [0, 0.05) is 48.4 Å². The third kappa shape index (κ3) is 3.27. The number of amides is 2. The Morgan fingerprint density at radius 3 is 2.89 bits per heavy atom. The molecular weight excluding hydrogens is 382 g/mol. The molecule has 4 rings (SSSR count). The quantitative estimate of drug-likeness (QED) is 0.702. The first kappa shape index (κ1) is 18.2. The van der Waals surface area contributed by atoms with E-state index in [0.29, 0.717) is 35.9 Å². The van der Waals surface area contributed by atoms with Crippen LogP contribution < -0.4 is 10.9 Å². The molecule has 3 heterocycles. The second kappa shape index (κ2) is 7.12. The molecule has 144 valence electrons. The van der Waals surface area contributed by atoms with Crippen molar-refractivity contribution in [1.29, 1.82) is 0 Å². The topological polar surface area (TPSA) is 99.6 Å². The van der Waals surface area contributed by atoms with Gasteiger partial charge < -0.3 is 10.2 Å². The van der Waals surface area contributed by atoms with Crippen LogP contribution in [0.1, 0.15) is 35.3 Å². The van der Waals surface area contributed by atoms with Crippen LogP contribution in [-0.4, -0.2) is 44.4 Å². The number of H-pyrrole nitrogens is 1. The molecule has 0 spiro atoms. The van der Waals surface area contributed by atoms with Gasteiger partial charge in [-0.2, -0.15) is 0 Å². The van der Waals surface area contributed by atoms with E-state index in [-0.39, 0.29) is 28.6 Å². The Hall–Kier alpha value is -3.13. The van der Waals surface area contributed by atoms with Crippen LogP contribution in [0.15, 0.2) is 41.3 Å². The molecule has 0 bridgehead atoms. The lowest BCUT2D eigenvalue weighted by Gasteiger charge is -2.13. The van der Waals surface area contributed by atoms with Crippen molar-refractivity contribution in [3.63, 3.8) is 0 Å². The number of anilines is 1. The van der Waals surface area contributed by atoms with Crippen LogP contribution >= 0.6 is 11.6 Å². The standard InChI is InChI=1S/C19H18ClN5O3/c1-2-24-10-11(6-16(24)26)15-8-17(27)25-18(23-15)14(9-21-25)19(28)22-13-5-3-4-12(20)7-13/h3-5,7-9,11,21H,2,6,10H2,1H3,(H,22,28). The van der Waals surface area contributed by atoms with Crippen LogP contribution in [0.25, 0.3) is 5.65 Å². The number of likely N-dealkylation sites (tertiary alicyclic amines) is 1. The Morgan fingerprint density at radius 2 is 2.18 bits per heavy atom. The fourth-order valence-electron chi connectivity index (χ4n) is 3.42. The normalized spacial score (nSPS) is 16.7. The SMILES string of the molecule is CCN1CC(c2cc(=O)n3[nH]cc(C(=O)Nc4cccc(Cl)c4)c3n2)CC1=O. The van der Waals surface area contributed by atoms with E-state index in [2.05, 4.69) is 15.4 Å². The van der Waals surface area contributed by atoms with Crippen LogP contribution in [0.3, 0.4) is 0 Å². The van der Waals surface area contributed by atoms with E-state index in [1.165, 1.54) is 16.8 Å². The molecule has 1 fully saturated rings. The van der Waals surface area contributed by atoms with Crippen LogP contribution in [0.4, 0.5) is 5.69 Å². The first-order valence-corrected chi connectivity index (χ1v) is 9.30. The second-order valence-corrected chi connectivity index (χ2v) is 7.10. The van der Waals surface area contributed by atoms with Gasteiger partial charge in [0.25, 0.3) is 11.5 Å². The molecular formula is C19H18ClN5O3. The minimum absolute atomic E-state index is 0.0440. The molecule has 1 atom stereocenters. The summed E-state index contributed by atoms with van der Waals surface area (Å²) >= 11 is 5.95. The summed E-state index contributed by atoms with van der Waals surface area (Å²) in [6.07, 6.45) is 1.75. The average molecular weight is 400 g/mol. The summed E-state index contributed by atoms with van der Waals surface area (Å²) in [5.41, 5.74) is 1.19. The predicted octanol–water partition coefficient (Wildman–Crippen LogP) is 2.26. The summed E-state index contributed by atoms with van der Waals surface area (Å²) in [6, 6.07) is 8.19. The van der Waals surface area contributed by atoms with E-state index in [4.69, 9.17) is 11.6 Å². The van der Waals surface area contributed by atoms with Gasteiger partial charge in [-0.25, -0.2) is 9.50 Å². The highest BCUT2D eigenvalue weighted by molar-refractivity contribution is 6.31. The molecule has 0 saturated carbocycles. The molecule has 2 amide bonds. The zero-order valence-electron chi connectivity index (χ0n) is 15.1. The van der Waals surface area contributed by atoms with Crippen molar-refractivity contribution in [2.75, 3.05) is 18.4 Å². The lowest BCUT2D eigenvalue weighted by Crippen LogP contribution is -2.24. The van der Waals surface area contributed by atoms with Crippen LogP contribution in [0.2, 0.25) is 5.02 Å². The van der Waals surface area contributed by atoms with E-state index in [1.54, 1.807) is 29.2 Å². The second-order valence-electron chi connectivity index (χ2n) is 6.66. The summed E-state index contributed by atoms with van der Waals surface area (Å²) in [5.74, 6) is -0.533. The monoisotopic (exact) mass is 399 g/mol. The lowest BCUT2D eigenvalue weighted by atomic mass is 10.0. The Balaban J connectivity index is 1.68. The van der Waals surface area contributed by atoms with E-state index in [1.807, 2.05) is 6.92 Å². The minimum atomic E-state index is -0.414. The Bertz CT molecular complexity index is 1140. The number of rotatable bonds is 4. The van der Waals surface area contributed by atoms with E-state index < -0.39 is 5.91 Å². The summed E-state index contributed by atoms with van der Waals surface area (Å²) in [6.45, 7) is 3.05. The van der Waals surface area contributed by atoms with E-state index in [9.17, 15) is 14.4 Å². The molecule has 1 aliphatic rings.